The third kappa shape index (κ3) is 4.70. The van der Waals surface area contributed by atoms with E-state index in [1.54, 1.807) is 11.1 Å². The maximum absolute atomic E-state index is 12.2. The molecule has 1 N–H and O–H groups in total. The normalized spacial score (nSPS) is 14.2. The Balaban J connectivity index is 1.49. The first-order chi connectivity index (χ1) is 12.7. The van der Waals surface area contributed by atoms with Crippen LogP contribution < -0.4 is 10.2 Å². The van der Waals surface area contributed by atoms with Crippen molar-refractivity contribution in [2.45, 2.75) is 6.42 Å². The number of halogens is 1. The molecule has 3 rings (SSSR count). The highest BCUT2D eigenvalue weighted by molar-refractivity contribution is 6.30. The summed E-state index contributed by atoms with van der Waals surface area (Å²) in [5.74, 6) is 0.469. The second kappa shape index (κ2) is 8.62. The molecule has 0 radical (unpaired) electrons. The zero-order chi connectivity index (χ0) is 18.4. The summed E-state index contributed by atoms with van der Waals surface area (Å²) in [6.45, 7) is 3.26. The van der Waals surface area contributed by atoms with Gasteiger partial charge in [-0.15, -0.1) is 0 Å². The van der Waals surface area contributed by atoms with Crippen LogP contribution in [-0.2, 0) is 11.2 Å². The van der Waals surface area contributed by atoms with Gasteiger partial charge >= 0.3 is 0 Å². The van der Waals surface area contributed by atoms with Crippen molar-refractivity contribution >= 4 is 29.7 Å². The topological polar surface area (TPSA) is 78.4 Å². The van der Waals surface area contributed by atoms with Gasteiger partial charge < -0.3 is 15.1 Å². The Kier molecular flexibility index (Phi) is 6.01. The van der Waals surface area contributed by atoms with Crippen LogP contribution in [0.1, 0.15) is 16.1 Å². The fourth-order valence-electron chi connectivity index (χ4n) is 2.72. The molecule has 1 aliphatic heterocycles. The number of piperazine rings is 1. The van der Waals surface area contributed by atoms with Crippen molar-refractivity contribution in [3.8, 4) is 0 Å². The number of nitrogens with one attached hydrogen (secondary N) is 1. The minimum absolute atomic E-state index is 0.246. The van der Waals surface area contributed by atoms with E-state index in [1.807, 2.05) is 24.3 Å². The lowest BCUT2D eigenvalue weighted by molar-refractivity contribution is -0.118. The Bertz CT molecular complexity index is 743. The molecule has 136 valence electrons. The molecule has 8 heteroatoms. The van der Waals surface area contributed by atoms with E-state index in [0.717, 1.165) is 18.4 Å². The fraction of sp³-hybridized carbons (Fsp3) is 0.333. The Morgan fingerprint density at radius 2 is 1.85 bits per heavy atom. The first kappa shape index (κ1) is 18.1. The van der Waals surface area contributed by atoms with Crippen molar-refractivity contribution in [2.75, 3.05) is 37.6 Å². The van der Waals surface area contributed by atoms with Crippen LogP contribution in [0, 0.1) is 0 Å². The van der Waals surface area contributed by atoms with Gasteiger partial charge in [0.15, 0.2) is 0 Å². The summed E-state index contributed by atoms with van der Waals surface area (Å²) in [7, 11) is 0. The summed E-state index contributed by atoms with van der Waals surface area (Å²) in [6, 6.07) is 7.54. The highest BCUT2D eigenvalue weighted by Crippen LogP contribution is 2.12. The number of amides is 2. The first-order valence-corrected chi connectivity index (χ1v) is 8.82. The zero-order valence-electron chi connectivity index (χ0n) is 14.3. The Labute approximate surface area is 157 Å². The molecule has 1 aliphatic rings. The second-order valence-corrected chi connectivity index (χ2v) is 6.46. The number of aromatic nitrogens is 2. The van der Waals surface area contributed by atoms with Gasteiger partial charge in [-0.3, -0.25) is 9.59 Å². The monoisotopic (exact) mass is 373 g/mol. The van der Waals surface area contributed by atoms with Crippen LogP contribution in [0.2, 0.25) is 5.02 Å². The third-order valence-corrected chi connectivity index (χ3v) is 4.52. The number of nitrogens with zero attached hydrogens (tertiary/aromatic N) is 4. The maximum atomic E-state index is 12.2. The molecular weight excluding hydrogens is 354 g/mol. The van der Waals surface area contributed by atoms with Crippen molar-refractivity contribution in [1.29, 1.82) is 0 Å². The predicted molar refractivity (Wildman–Crippen MR) is 99.4 cm³/mol. The second-order valence-electron chi connectivity index (χ2n) is 6.02. The first-order valence-electron chi connectivity index (χ1n) is 8.44. The van der Waals surface area contributed by atoms with Crippen LogP contribution in [0.4, 0.5) is 5.82 Å². The molecule has 1 aromatic carbocycles. The number of anilines is 1. The van der Waals surface area contributed by atoms with Crippen molar-refractivity contribution in [1.82, 2.24) is 20.2 Å². The molecule has 7 nitrogen and oxygen atoms in total. The Hall–Kier alpha value is -2.67. The van der Waals surface area contributed by atoms with E-state index >= 15 is 0 Å². The summed E-state index contributed by atoms with van der Waals surface area (Å²) in [5, 5.41) is 3.54. The van der Waals surface area contributed by atoms with E-state index in [2.05, 4.69) is 20.2 Å². The smallest absolute Gasteiger partial charge is 0.271 e. The molecule has 0 aliphatic carbocycles. The SMILES string of the molecule is O=CN1CCN(c2cnc(C(=O)NCCc3ccc(Cl)cc3)cn2)CC1. The number of rotatable bonds is 6. The van der Waals surface area contributed by atoms with E-state index in [9.17, 15) is 9.59 Å². The molecule has 1 aromatic heterocycles. The number of benzene rings is 1. The molecule has 1 saturated heterocycles. The summed E-state index contributed by atoms with van der Waals surface area (Å²) >= 11 is 5.85. The Morgan fingerprint density at radius 1 is 1.12 bits per heavy atom. The number of carbonyl (C=O) groups excluding carboxylic acids is 2. The molecule has 1 fully saturated rings. The number of hydrogen-bond acceptors (Lipinski definition) is 5. The predicted octanol–water partition coefficient (Wildman–Crippen LogP) is 1.38. The summed E-state index contributed by atoms with van der Waals surface area (Å²) in [4.78, 5) is 35.2. The zero-order valence-corrected chi connectivity index (χ0v) is 15.0. The van der Waals surface area contributed by atoms with Gasteiger partial charge in [0.2, 0.25) is 6.41 Å². The molecule has 2 aromatic rings. The molecule has 2 heterocycles. The average Bonchev–Trinajstić information content (AvgIpc) is 2.69. The van der Waals surface area contributed by atoms with Crippen LogP contribution in [0.25, 0.3) is 0 Å². The van der Waals surface area contributed by atoms with Crippen LogP contribution in [0.15, 0.2) is 36.7 Å². The lowest BCUT2D eigenvalue weighted by Crippen LogP contribution is -2.46. The number of carbonyl (C=O) groups is 2. The highest BCUT2D eigenvalue weighted by Gasteiger charge is 2.17. The van der Waals surface area contributed by atoms with Gasteiger partial charge in [-0.1, -0.05) is 23.7 Å². The highest BCUT2D eigenvalue weighted by atomic mass is 35.5. The Morgan fingerprint density at radius 3 is 2.46 bits per heavy atom. The molecule has 0 spiro atoms. The van der Waals surface area contributed by atoms with Gasteiger partial charge in [-0.2, -0.15) is 0 Å². The molecule has 0 unspecified atom stereocenters. The molecule has 0 saturated carbocycles. The summed E-state index contributed by atoms with van der Waals surface area (Å²) < 4.78 is 0. The minimum atomic E-state index is -0.246. The maximum Gasteiger partial charge on any atom is 0.271 e. The average molecular weight is 374 g/mol. The van der Waals surface area contributed by atoms with Crippen molar-refractivity contribution in [2.24, 2.45) is 0 Å². The van der Waals surface area contributed by atoms with Crippen molar-refractivity contribution in [3.63, 3.8) is 0 Å². The van der Waals surface area contributed by atoms with Gasteiger partial charge in [0, 0.05) is 37.7 Å². The minimum Gasteiger partial charge on any atom is -0.352 e. The molecule has 0 atom stereocenters. The van der Waals surface area contributed by atoms with Crippen LogP contribution in [0.3, 0.4) is 0 Å². The van der Waals surface area contributed by atoms with Gasteiger partial charge in [0.1, 0.15) is 11.5 Å². The van der Waals surface area contributed by atoms with Gasteiger partial charge in [0.05, 0.1) is 12.4 Å². The third-order valence-electron chi connectivity index (χ3n) is 4.27. The van der Waals surface area contributed by atoms with E-state index in [-0.39, 0.29) is 11.6 Å². The van der Waals surface area contributed by atoms with E-state index < -0.39 is 0 Å². The van der Waals surface area contributed by atoms with Crippen LogP contribution in [-0.4, -0.2) is 59.9 Å². The van der Waals surface area contributed by atoms with E-state index in [4.69, 9.17) is 11.6 Å². The molecule has 0 bridgehead atoms. The van der Waals surface area contributed by atoms with E-state index in [0.29, 0.717) is 43.6 Å². The molecule has 2 amide bonds. The summed E-state index contributed by atoms with van der Waals surface area (Å²) in [5.41, 5.74) is 1.39. The van der Waals surface area contributed by atoms with Gasteiger partial charge in [0.25, 0.3) is 5.91 Å². The van der Waals surface area contributed by atoms with Gasteiger partial charge in [-0.25, -0.2) is 9.97 Å². The summed E-state index contributed by atoms with van der Waals surface area (Å²) in [6.07, 6.45) is 4.67. The largest absolute Gasteiger partial charge is 0.352 e. The fourth-order valence-corrected chi connectivity index (χ4v) is 2.85. The van der Waals surface area contributed by atoms with Crippen molar-refractivity contribution < 1.29 is 9.59 Å². The van der Waals surface area contributed by atoms with Gasteiger partial charge in [-0.05, 0) is 24.1 Å². The lowest BCUT2D eigenvalue weighted by Gasteiger charge is -2.33. The van der Waals surface area contributed by atoms with Crippen molar-refractivity contribution in [3.05, 3.63) is 52.9 Å². The van der Waals surface area contributed by atoms with Crippen LogP contribution >= 0.6 is 11.6 Å². The number of hydrogen-bond donors (Lipinski definition) is 1. The molecular formula is C18H20ClN5O2. The molecule has 26 heavy (non-hydrogen) atoms. The van der Waals surface area contributed by atoms with Crippen LogP contribution in [0.5, 0.6) is 0 Å². The standard InChI is InChI=1S/C18H20ClN5O2/c19-15-3-1-14(2-4-15)5-6-20-18(26)16-11-22-17(12-21-16)24-9-7-23(13-25)8-10-24/h1-4,11-13H,5-10H2,(H,20,26). The van der Waals surface area contributed by atoms with E-state index in [1.165, 1.54) is 6.20 Å². The lowest BCUT2D eigenvalue weighted by atomic mass is 10.1. The quantitative estimate of drug-likeness (QED) is 0.774.